The van der Waals surface area contributed by atoms with Gasteiger partial charge in [0.05, 0.1) is 11.4 Å². The first kappa shape index (κ1) is 21.0. The average Bonchev–Trinajstić information content (AvgIpc) is 3.00. The maximum absolute atomic E-state index is 13.1. The molecule has 1 heterocycles. The van der Waals surface area contributed by atoms with E-state index in [0.29, 0.717) is 17.9 Å². The van der Waals surface area contributed by atoms with Gasteiger partial charge >= 0.3 is 0 Å². The number of benzene rings is 2. The van der Waals surface area contributed by atoms with E-state index in [-0.39, 0.29) is 17.2 Å². The van der Waals surface area contributed by atoms with Crippen LogP contribution in [0.3, 0.4) is 0 Å². The van der Waals surface area contributed by atoms with Crippen LogP contribution >= 0.6 is 0 Å². The molecule has 6 nitrogen and oxygen atoms in total. The van der Waals surface area contributed by atoms with E-state index in [2.05, 4.69) is 17.4 Å². The summed E-state index contributed by atoms with van der Waals surface area (Å²) in [6.45, 7) is 3.73. The van der Waals surface area contributed by atoms with E-state index in [1.807, 2.05) is 50.2 Å². The smallest absolute Gasteiger partial charge is 0.295 e. The summed E-state index contributed by atoms with van der Waals surface area (Å²) in [6.07, 6.45) is 4.40. The van der Waals surface area contributed by atoms with Crippen molar-refractivity contribution in [1.82, 2.24) is 9.36 Å². The zero-order chi connectivity index (χ0) is 22.0. The largest absolute Gasteiger partial charge is 0.481 e. The first-order valence-corrected chi connectivity index (χ1v) is 10.9. The van der Waals surface area contributed by atoms with Crippen LogP contribution in [0.15, 0.2) is 53.3 Å². The van der Waals surface area contributed by atoms with Gasteiger partial charge in [0.25, 0.3) is 11.5 Å². The first-order valence-electron chi connectivity index (χ1n) is 10.9. The second-order valence-electron chi connectivity index (χ2n) is 8.08. The third kappa shape index (κ3) is 4.15. The van der Waals surface area contributed by atoms with Crippen LogP contribution in [0.25, 0.3) is 5.69 Å². The summed E-state index contributed by atoms with van der Waals surface area (Å²) in [5.41, 5.74) is 4.13. The second kappa shape index (κ2) is 8.84. The molecule has 0 aliphatic heterocycles. The molecular formula is C25H29N3O3. The quantitative estimate of drug-likeness (QED) is 0.653. The first-order chi connectivity index (χ1) is 15.0. The Balaban J connectivity index is 1.55. The molecule has 0 radical (unpaired) electrons. The Bertz CT molecular complexity index is 1140. The highest BCUT2D eigenvalue weighted by atomic mass is 16.5. The van der Waals surface area contributed by atoms with E-state index in [0.717, 1.165) is 18.5 Å². The molecule has 0 fully saturated rings. The minimum Gasteiger partial charge on any atom is -0.481 e. The summed E-state index contributed by atoms with van der Waals surface area (Å²) in [5.74, 6) is 0.389. The SMILES string of the molecule is CC[C@@H](Oc1ccc2c(c1)CCCC2)C(=O)Nc1c(C)n(C)n(-c2ccccc2)c1=O. The maximum Gasteiger partial charge on any atom is 0.295 e. The van der Waals surface area contributed by atoms with Gasteiger partial charge in [0.15, 0.2) is 6.10 Å². The number of amides is 1. The molecule has 0 saturated carbocycles. The topological polar surface area (TPSA) is 65.3 Å². The Morgan fingerprint density at radius 1 is 1.10 bits per heavy atom. The number of nitrogens with zero attached hydrogens (tertiary/aromatic N) is 2. The Hall–Kier alpha value is -3.28. The molecule has 162 valence electrons. The molecule has 0 spiro atoms. The van der Waals surface area contributed by atoms with Gasteiger partial charge in [-0.2, -0.15) is 0 Å². The molecule has 0 unspecified atom stereocenters. The molecule has 1 amide bonds. The van der Waals surface area contributed by atoms with Gasteiger partial charge < -0.3 is 10.1 Å². The van der Waals surface area contributed by atoms with Crippen molar-refractivity contribution in [1.29, 1.82) is 0 Å². The van der Waals surface area contributed by atoms with Crippen LogP contribution in [-0.2, 0) is 24.7 Å². The number of ether oxygens (including phenoxy) is 1. The van der Waals surface area contributed by atoms with E-state index in [9.17, 15) is 9.59 Å². The van der Waals surface area contributed by atoms with Crippen molar-refractivity contribution in [2.24, 2.45) is 7.05 Å². The monoisotopic (exact) mass is 419 g/mol. The van der Waals surface area contributed by atoms with Crippen molar-refractivity contribution in [3.05, 3.63) is 75.7 Å². The Labute approximate surface area is 182 Å². The zero-order valence-electron chi connectivity index (χ0n) is 18.4. The van der Waals surface area contributed by atoms with Crippen LogP contribution in [0.4, 0.5) is 5.69 Å². The van der Waals surface area contributed by atoms with Crippen LogP contribution in [0.1, 0.15) is 43.0 Å². The minimum atomic E-state index is -0.675. The summed E-state index contributed by atoms with van der Waals surface area (Å²) in [6, 6.07) is 15.5. The van der Waals surface area contributed by atoms with E-state index >= 15 is 0 Å². The zero-order valence-corrected chi connectivity index (χ0v) is 18.4. The highest BCUT2D eigenvalue weighted by molar-refractivity contribution is 5.94. The fourth-order valence-electron chi connectivity index (χ4n) is 4.19. The summed E-state index contributed by atoms with van der Waals surface area (Å²) in [7, 11) is 1.81. The van der Waals surface area contributed by atoms with Crippen molar-refractivity contribution in [3.8, 4) is 11.4 Å². The molecule has 0 bridgehead atoms. The Morgan fingerprint density at radius 2 is 1.81 bits per heavy atom. The Morgan fingerprint density at radius 3 is 2.52 bits per heavy atom. The van der Waals surface area contributed by atoms with Crippen molar-refractivity contribution in [2.45, 2.75) is 52.1 Å². The van der Waals surface area contributed by atoms with Crippen LogP contribution < -0.4 is 15.6 Å². The summed E-state index contributed by atoms with van der Waals surface area (Å²) in [5, 5.41) is 2.82. The van der Waals surface area contributed by atoms with Gasteiger partial charge in [-0.05, 0) is 74.4 Å². The van der Waals surface area contributed by atoms with Crippen molar-refractivity contribution < 1.29 is 9.53 Å². The summed E-state index contributed by atoms with van der Waals surface area (Å²) in [4.78, 5) is 26.1. The highest BCUT2D eigenvalue weighted by Crippen LogP contribution is 2.26. The standard InChI is InChI=1S/C25H29N3O3/c1-4-22(31-21-15-14-18-10-8-9-11-19(18)16-21)24(29)26-23-17(2)27(3)28(25(23)30)20-12-6-5-7-13-20/h5-7,12-16,22H,4,8-11H2,1-3H3,(H,26,29)/t22-/m1/s1. The van der Waals surface area contributed by atoms with Gasteiger partial charge in [0, 0.05) is 7.05 Å². The predicted octanol–water partition coefficient (Wildman–Crippen LogP) is 4.16. The molecule has 0 saturated heterocycles. The third-order valence-corrected chi connectivity index (χ3v) is 6.06. The molecule has 6 heteroatoms. The van der Waals surface area contributed by atoms with E-state index in [1.54, 1.807) is 16.4 Å². The third-order valence-electron chi connectivity index (χ3n) is 6.06. The minimum absolute atomic E-state index is 0.261. The van der Waals surface area contributed by atoms with Gasteiger partial charge in [0.2, 0.25) is 0 Å². The van der Waals surface area contributed by atoms with Gasteiger partial charge in [-0.3, -0.25) is 14.3 Å². The number of para-hydroxylation sites is 1. The number of carbonyl (C=O) groups excluding carboxylic acids is 1. The second-order valence-corrected chi connectivity index (χ2v) is 8.08. The normalized spacial score (nSPS) is 14.0. The highest BCUT2D eigenvalue weighted by Gasteiger charge is 2.24. The fourth-order valence-corrected chi connectivity index (χ4v) is 4.19. The molecule has 1 aromatic heterocycles. The number of hydrogen-bond donors (Lipinski definition) is 1. The molecule has 31 heavy (non-hydrogen) atoms. The number of nitrogens with one attached hydrogen (secondary N) is 1. The van der Waals surface area contributed by atoms with Crippen molar-refractivity contribution in [3.63, 3.8) is 0 Å². The van der Waals surface area contributed by atoms with Crippen LogP contribution in [0.5, 0.6) is 5.75 Å². The molecule has 1 atom stereocenters. The summed E-state index contributed by atoms with van der Waals surface area (Å²) >= 11 is 0. The van der Waals surface area contributed by atoms with Crippen LogP contribution in [0.2, 0.25) is 0 Å². The number of carbonyl (C=O) groups is 1. The lowest BCUT2D eigenvalue weighted by Crippen LogP contribution is -2.34. The molecule has 1 N–H and O–H groups in total. The van der Waals surface area contributed by atoms with E-state index in [1.165, 1.54) is 24.0 Å². The number of fused-ring (bicyclic) bond motifs is 1. The molecule has 4 rings (SSSR count). The maximum atomic E-state index is 13.1. The lowest BCUT2D eigenvalue weighted by atomic mass is 9.92. The summed E-state index contributed by atoms with van der Waals surface area (Å²) < 4.78 is 9.34. The Kier molecular flexibility index (Phi) is 5.98. The number of hydrogen-bond acceptors (Lipinski definition) is 3. The number of aryl methyl sites for hydroxylation is 2. The van der Waals surface area contributed by atoms with Crippen molar-refractivity contribution in [2.75, 3.05) is 5.32 Å². The lowest BCUT2D eigenvalue weighted by Gasteiger charge is -2.20. The van der Waals surface area contributed by atoms with Crippen molar-refractivity contribution >= 4 is 11.6 Å². The van der Waals surface area contributed by atoms with Gasteiger partial charge in [-0.15, -0.1) is 0 Å². The molecule has 1 aliphatic carbocycles. The van der Waals surface area contributed by atoms with E-state index in [4.69, 9.17) is 4.74 Å². The predicted molar refractivity (Wildman–Crippen MR) is 122 cm³/mol. The van der Waals surface area contributed by atoms with Crippen LogP contribution in [0, 0.1) is 6.92 Å². The number of aromatic nitrogens is 2. The van der Waals surface area contributed by atoms with Gasteiger partial charge in [-0.25, -0.2) is 4.68 Å². The van der Waals surface area contributed by atoms with Gasteiger partial charge in [-0.1, -0.05) is 31.2 Å². The van der Waals surface area contributed by atoms with Crippen LogP contribution in [-0.4, -0.2) is 21.4 Å². The molecule has 3 aromatic rings. The number of anilines is 1. The number of rotatable bonds is 6. The fraction of sp³-hybridized carbons (Fsp3) is 0.360. The van der Waals surface area contributed by atoms with Gasteiger partial charge in [0.1, 0.15) is 11.4 Å². The molecule has 2 aromatic carbocycles. The lowest BCUT2D eigenvalue weighted by molar-refractivity contribution is -0.122. The molecular weight excluding hydrogens is 390 g/mol. The van der Waals surface area contributed by atoms with E-state index < -0.39 is 6.10 Å². The molecule has 1 aliphatic rings. The average molecular weight is 420 g/mol.